The lowest BCUT2D eigenvalue weighted by molar-refractivity contribution is 0.0694. The standard InChI is InChI=1S/C23H23NO3/c1-4-15-5-8-17(11-13(15)2)18-9-10-24-21(14(18)3)19(16-6-7-16)12-20(22(24)25)23(26)27/h5,8-12,16H,4,6-7H2,1-3H3,(H,26,27). The molecule has 0 spiro atoms. The second-order valence-corrected chi connectivity index (χ2v) is 7.47. The van der Waals surface area contributed by atoms with Crippen LogP contribution in [0, 0.1) is 13.8 Å². The molecule has 2 heterocycles. The molecular weight excluding hydrogens is 338 g/mol. The van der Waals surface area contributed by atoms with Gasteiger partial charge in [0, 0.05) is 6.20 Å². The summed E-state index contributed by atoms with van der Waals surface area (Å²) in [5.74, 6) is -0.819. The van der Waals surface area contributed by atoms with Crippen molar-refractivity contribution in [2.45, 2.75) is 46.0 Å². The third-order valence-electron chi connectivity index (χ3n) is 5.69. The fourth-order valence-electron chi connectivity index (χ4n) is 4.03. The second kappa shape index (κ2) is 6.38. The molecule has 1 aromatic carbocycles. The smallest absolute Gasteiger partial charge is 0.341 e. The lowest BCUT2D eigenvalue weighted by atomic mass is 9.94. The van der Waals surface area contributed by atoms with Crippen molar-refractivity contribution in [2.24, 2.45) is 0 Å². The molecule has 4 nitrogen and oxygen atoms in total. The summed E-state index contributed by atoms with van der Waals surface area (Å²) < 4.78 is 1.52. The number of rotatable bonds is 4. The summed E-state index contributed by atoms with van der Waals surface area (Å²) in [6.45, 7) is 6.30. The second-order valence-electron chi connectivity index (χ2n) is 7.47. The number of aryl methyl sites for hydroxylation is 3. The molecule has 0 radical (unpaired) electrons. The fourth-order valence-corrected chi connectivity index (χ4v) is 4.03. The number of nitrogens with zero attached hydrogens (tertiary/aromatic N) is 1. The molecule has 1 saturated carbocycles. The molecule has 0 atom stereocenters. The lowest BCUT2D eigenvalue weighted by Crippen LogP contribution is -2.23. The van der Waals surface area contributed by atoms with Crippen LogP contribution in [0.1, 0.15) is 58.3 Å². The monoisotopic (exact) mass is 361 g/mol. The summed E-state index contributed by atoms with van der Waals surface area (Å²) in [6, 6.07) is 10.0. The van der Waals surface area contributed by atoms with Crippen LogP contribution in [0.4, 0.5) is 0 Å². The predicted octanol–water partition coefficient (Wildman–Crippen LogP) is 4.72. The largest absolute Gasteiger partial charge is 0.477 e. The van der Waals surface area contributed by atoms with Crippen LogP contribution in [0.2, 0.25) is 0 Å². The van der Waals surface area contributed by atoms with Crippen LogP contribution in [0.3, 0.4) is 0 Å². The number of aromatic nitrogens is 1. The number of carbonyl (C=O) groups is 1. The third kappa shape index (κ3) is 2.85. The maximum absolute atomic E-state index is 12.7. The minimum atomic E-state index is -1.16. The summed E-state index contributed by atoms with van der Waals surface area (Å²) in [5.41, 5.74) is 7.06. The molecule has 1 aliphatic carbocycles. The first kappa shape index (κ1) is 17.5. The maximum Gasteiger partial charge on any atom is 0.341 e. The zero-order valence-corrected chi connectivity index (χ0v) is 15.9. The Bertz CT molecular complexity index is 1140. The van der Waals surface area contributed by atoms with Gasteiger partial charge in [0.1, 0.15) is 5.56 Å². The van der Waals surface area contributed by atoms with E-state index in [1.807, 2.05) is 13.0 Å². The topological polar surface area (TPSA) is 58.8 Å². The van der Waals surface area contributed by atoms with E-state index in [-0.39, 0.29) is 5.56 Å². The number of hydrogen-bond acceptors (Lipinski definition) is 2. The van der Waals surface area contributed by atoms with Gasteiger partial charge in [0.2, 0.25) is 0 Å². The van der Waals surface area contributed by atoms with Crippen molar-refractivity contribution < 1.29 is 9.90 Å². The van der Waals surface area contributed by atoms with Crippen molar-refractivity contribution in [2.75, 3.05) is 0 Å². The molecule has 4 heteroatoms. The molecule has 1 N–H and O–H groups in total. The first-order valence-corrected chi connectivity index (χ1v) is 9.44. The first-order valence-electron chi connectivity index (χ1n) is 9.44. The summed E-state index contributed by atoms with van der Waals surface area (Å²) in [4.78, 5) is 24.2. The van der Waals surface area contributed by atoms with Crippen molar-refractivity contribution >= 4 is 11.5 Å². The molecule has 0 aliphatic heterocycles. The Hall–Kier alpha value is -2.88. The Morgan fingerprint density at radius 2 is 1.93 bits per heavy atom. The van der Waals surface area contributed by atoms with Crippen LogP contribution in [0.5, 0.6) is 0 Å². The van der Waals surface area contributed by atoms with Crippen molar-refractivity contribution in [1.82, 2.24) is 4.40 Å². The van der Waals surface area contributed by atoms with E-state index in [1.54, 1.807) is 12.3 Å². The van der Waals surface area contributed by atoms with Gasteiger partial charge in [0.05, 0.1) is 5.52 Å². The van der Waals surface area contributed by atoms with Gasteiger partial charge in [-0.25, -0.2) is 4.79 Å². The highest BCUT2D eigenvalue weighted by atomic mass is 16.4. The van der Waals surface area contributed by atoms with Gasteiger partial charge in [-0.3, -0.25) is 9.20 Å². The normalized spacial score (nSPS) is 13.9. The van der Waals surface area contributed by atoms with Crippen LogP contribution in [0.15, 0.2) is 41.3 Å². The lowest BCUT2D eigenvalue weighted by Gasteiger charge is -2.16. The highest BCUT2D eigenvalue weighted by molar-refractivity contribution is 5.89. The molecular formula is C23H23NO3. The molecule has 0 amide bonds. The number of benzene rings is 1. The number of fused-ring (bicyclic) bond motifs is 1. The van der Waals surface area contributed by atoms with Crippen LogP contribution < -0.4 is 5.56 Å². The van der Waals surface area contributed by atoms with Gasteiger partial charge >= 0.3 is 5.97 Å². The SMILES string of the molecule is CCc1ccc(-c2ccn3c(=O)c(C(=O)O)cc(C4CC4)c3c2C)cc1C. The van der Waals surface area contributed by atoms with Crippen molar-refractivity contribution in [3.05, 3.63) is 74.7 Å². The van der Waals surface area contributed by atoms with E-state index in [0.29, 0.717) is 5.92 Å². The Labute approximate surface area is 158 Å². The molecule has 1 fully saturated rings. The van der Waals surface area contributed by atoms with E-state index in [0.717, 1.165) is 47.0 Å². The Morgan fingerprint density at radius 3 is 2.52 bits per heavy atom. The molecule has 3 aromatic rings. The van der Waals surface area contributed by atoms with Gasteiger partial charge in [-0.05, 0) is 84.5 Å². The van der Waals surface area contributed by atoms with Gasteiger partial charge in [0.25, 0.3) is 5.56 Å². The molecule has 0 saturated heterocycles. The Kier molecular flexibility index (Phi) is 4.14. The summed E-state index contributed by atoms with van der Waals surface area (Å²) in [5, 5.41) is 9.42. The van der Waals surface area contributed by atoms with Crippen molar-refractivity contribution in [1.29, 1.82) is 0 Å². The number of pyridine rings is 2. The van der Waals surface area contributed by atoms with Crippen LogP contribution in [0.25, 0.3) is 16.6 Å². The van der Waals surface area contributed by atoms with Crippen molar-refractivity contribution in [3.63, 3.8) is 0 Å². The molecule has 0 unspecified atom stereocenters. The first-order chi connectivity index (χ1) is 12.9. The molecule has 4 rings (SSSR count). The van der Waals surface area contributed by atoms with E-state index in [2.05, 4.69) is 32.0 Å². The minimum Gasteiger partial charge on any atom is -0.477 e. The molecule has 0 bridgehead atoms. The zero-order chi connectivity index (χ0) is 19.3. The Morgan fingerprint density at radius 1 is 1.19 bits per heavy atom. The van der Waals surface area contributed by atoms with Gasteiger partial charge in [-0.2, -0.15) is 0 Å². The predicted molar refractivity (Wildman–Crippen MR) is 107 cm³/mol. The summed E-state index contributed by atoms with van der Waals surface area (Å²) in [6.07, 6.45) is 4.81. The highest BCUT2D eigenvalue weighted by Crippen LogP contribution is 2.43. The van der Waals surface area contributed by atoms with E-state index in [9.17, 15) is 14.7 Å². The highest BCUT2D eigenvalue weighted by Gasteiger charge is 2.29. The van der Waals surface area contributed by atoms with Crippen LogP contribution in [-0.4, -0.2) is 15.5 Å². The zero-order valence-electron chi connectivity index (χ0n) is 15.9. The molecule has 1 aliphatic rings. The minimum absolute atomic E-state index is 0.148. The average molecular weight is 361 g/mol. The average Bonchev–Trinajstić information content (AvgIpc) is 3.47. The van der Waals surface area contributed by atoms with E-state index in [1.165, 1.54) is 15.5 Å². The number of hydrogen-bond donors (Lipinski definition) is 1. The quantitative estimate of drug-likeness (QED) is 0.731. The molecule has 27 heavy (non-hydrogen) atoms. The van der Waals surface area contributed by atoms with Gasteiger partial charge in [-0.15, -0.1) is 0 Å². The summed E-state index contributed by atoms with van der Waals surface area (Å²) >= 11 is 0. The van der Waals surface area contributed by atoms with E-state index in [4.69, 9.17) is 0 Å². The third-order valence-corrected chi connectivity index (χ3v) is 5.69. The van der Waals surface area contributed by atoms with E-state index < -0.39 is 11.5 Å². The Balaban J connectivity index is 2.01. The maximum atomic E-state index is 12.7. The van der Waals surface area contributed by atoms with Gasteiger partial charge in [0.15, 0.2) is 0 Å². The van der Waals surface area contributed by atoms with E-state index >= 15 is 0 Å². The van der Waals surface area contributed by atoms with Crippen LogP contribution in [-0.2, 0) is 6.42 Å². The number of carboxylic acids is 1. The number of carboxylic acid groups (broad SMARTS) is 1. The molecule has 138 valence electrons. The van der Waals surface area contributed by atoms with Gasteiger partial charge < -0.3 is 5.11 Å². The van der Waals surface area contributed by atoms with Crippen molar-refractivity contribution in [3.8, 4) is 11.1 Å². The van der Waals surface area contributed by atoms with Crippen LogP contribution >= 0.6 is 0 Å². The molecule has 2 aromatic heterocycles. The van der Waals surface area contributed by atoms with Gasteiger partial charge in [-0.1, -0.05) is 25.1 Å². The number of aromatic carboxylic acids is 1. The fraction of sp³-hybridized carbons (Fsp3) is 0.304. The summed E-state index contributed by atoms with van der Waals surface area (Å²) in [7, 11) is 0.